The van der Waals surface area contributed by atoms with Crippen molar-refractivity contribution in [3.63, 3.8) is 0 Å². The molecule has 3 N–H and O–H groups in total. The maximum atomic E-state index is 14.8. The summed E-state index contributed by atoms with van der Waals surface area (Å²) in [6.07, 6.45) is 5.84. The molecule has 3 atom stereocenters. The van der Waals surface area contributed by atoms with Crippen molar-refractivity contribution in [1.29, 1.82) is 0 Å². The van der Waals surface area contributed by atoms with Crippen LogP contribution in [0.25, 0.3) is 33.6 Å². The highest BCUT2D eigenvalue weighted by Gasteiger charge is 2.31. The molecule has 1 aliphatic carbocycles. The van der Waals surface area contributed by atoms with Gasteiger partial charge in [-0.1, -0.05) is 12.1 Å². The largest absolute Gasteiger partial charge is 0.486 e. The summed E-state index contributed by atoms with van der Waals surface area (Å²) in [5.41, 5.74) is 9.99. The lowest BCUT2D eigenvalue weighted by molar-refractivity contribution is 0.0937. The van der Waals surface area contributed by atoms with Crippen LogP contribution in [0.1, 0.15) is 47.5 Å². The number of ether oxygens (including phenoxy) is 1. The average molecular weight is 575 g/mol. The zero-order chi connectivity index (χ0) is 29.0. The van der Waals surface area contributed by atoms with Crippen LogP contribution in [-0.2, 0) is 13.6 Å². The van der Waals surface area contributed by atoms with Gasteiger partial charge in [-0.05, 0) is 43.4 Å². The van der Waals surface area contributed by atoms with Crippen molar-refractivity contribution < 1.29 is 18.3 Å². The number of nitrogens with two attached hydrogens (primary N) is 1. The second-order valence-corrected chi connectivity index (χ2v) is 11.3. The van der Waals surface area contributed by atoms with Crippen LogP contribution in [0, 0.1) is 5.92 Å². The molecular weight excluding hydrogens is 542 g/mol. The molecule has 5 heterocycles. The molecule has 0 bridgehead atoms. The van der Waals surface area contributed by atoms with Crippen molar-refractivity contribution in [2.45, 2.75) is 44.1 Å². The lowest BCUT2D eigenvalue weighted by Gasteiger charge is -2.26. The lowest BCUT2D eigenvalue weighted by Crippen LogP contribution is -2.38. The fraction of sp³-hybridized carbons (Fsp3) is 0.400. The molecule has 7 rings (SSSR count). The number of nitrogens with zero attached hydrogens (tertiary/aromatic N) is 6. The summed E-state index contributed by atoms with van der Waals surface area (Å²) >= 11 is 0. The van der Waals surface area contributed by atoms with Crippen molar-refractivity contribution >= 4 is 28.0 Å². The number of amides is 1. The molecule has 0 radical (unpaired) electrons. The van der Waals surface area contributed by atoms with Gasteiger partial charge in [-0.2, -0.15) is 0 Å². The van der Waals surface area contributed by atoms with E-state index in [1.54, 1.807) is 12.3 Å². The van der Waals surface area contributed by atoms with E-state index in [0.29, 0.717) is 52.9 Å². The maximum absolute atomic E-state index is 14.8. The first-order chi connectivity index (χ1) is 20.4. The van der Waals surface area contributed by atoms with Gasteiger partial charge in [0.15, 0.2) is 11.5 Å². The first kappa shape index (κ1) is 26.6. The average Bonchev–Trinajstić information content (AvgIpc) is 3.36. The number of halogens is 2. The lowest BCUT2D eigenvalue weighted by atomic mass is 9.90. The third-order valence-corrected chi connectivity index (χ3v) is 8.27. The molecule has 12 heteroatoms. The minimum atomic E-state index is -1.37. The number of para-hydroxylation sites is 1. The Balaban J connectivity index is 1.31. The molecule has 2 aliphatic rings. The fourth-order valence-corrected chi connectivity index (χ4v) is 5.90. The smallest absolute Gasteiger partial charge is 0.253 e. The van der Waals surface area contributed by atoms with Gasteiger partial charge in [0.1, 0.15) is 24.5 Å². The third-order valence-electron chi connectivity index (χ3n) is 8.27. The fourth-order valence-electron chi connectivity index (χ4n) is 5.90. The predicted octanol–water partition coefficient (Wildman–Crippen LogP) is 4.26. The summed E-state index contributed by atoms with van der Waals surface area (Å²) in [6.45, 7) is 0.349. The maximum Gasteiger partial charge on any atom is 0.253 e. The second-order valence-electron chi connectivity index (χ2n) is 11.3. The van der Waals surface area contributed by atoms with Gasteiger partial charge in [0.25, 0.3) is 5.91 Å². The number of benzene rings is 1. The molecule has 218 valence electrons. The zero-order valence-corrected chi connectivity index (χ0v) is 23.2. The molecule has 1 fully saturated rings. The standard InChI is InChI=1S/C30H32F2N8O2/c1-38-28-22(11-21-26(37-28)19(9-20(33)12-31)13-35-30(21)41)36-29(38)23-10-18-3-2-4-24(27(18)40(23)14-17-5-6-17)42-15-25(32)39-8-7-34-16-39/h2-4,7-8,10-11,16-17,19-20,25H,5-6,9,12-15,33H2,1H3,(H,35,41)/t19?,20-,25?/m0/s1. The summed E-state index contributed by atoms with van der Waals surface area (Å²) in [7, 11) is 1.91. The van der Waals surface area contributed by atoms with Crippen LogP contribution in [0.3, 0.4) is 0 Å². The minimum Gasteiger partial charge on any atom is -0.486 e. The zero-order valence-electron chi connectivity index (χ0n) is 23.2. The van der Waals surface area contributed by atoms with E-state index in [2.05, 4.69) is 20.9 Å². The van der Waals surface area contributed by atoms with Crippen molar-refractivity contribution in [3.05, 3.63) is 60.3 Å². The van der Waals surface area contributed by atoms with Crippen LogP contribution >= 0.6 is 0 Å². The normalized spacial score (nSPS) is 18.3. The monoisotopic (exact) mass is 574 g/mol. The number of hydrogen-bond donors (Lipinski definition) is 2. The number of carbonyl (C=O) groups excluding carboxylic acids is 1. The number of imidazole rings is 2. The van der Waals surface area contributed by atoms with Gasteiger partial charge in [-0.15, -0.1) is 0 Å². The number of fused-ring (bicyclic) bond motifs is 3. The first-order valence-electron chi connectivity index (χ1n) is 14.2. The van der Waals surface area contributed by atoms with Gasteiger partial charge in [0.2, 0.25) is 6.30 Å². The molecule has 0 spiro atoms. The highest BCUT2D eigenvalue weighted by Crippen LogP contribution is 2.39. The van der Waals surface area contributed by atoms with Gasteiger partial charge in [0.05, 0.1) is 28.8 Å². The predicted molar refractivity (Wildman–Crippen MR) is 154 cm³/mol. The number of pyridine rings is 1. The van der Waals surface area contributed by atoms with E-state index >= 15 is 0 Å². The summed E-state index contributed by atoms with van der Waals surface area (Å²) < 4.78 is 39.6. The van der Waals surface area contributed by atoms with Gasteiger partial charge < -0.3 is 29.5 Å². The number of aromatic nitrogens is 6. The van der Waals surface area contributed by atoms with Crippen LogP contribution in [0.4, 0.5) is 8.78 Å². The van der Waals surface area contributed by atoms with Crippen molar-refractivity contribution in [3.8, 4) is 17.3 Å². The van der Waals surface area contributed by atoms with Crippen molar-refractivity contribution in [2.24, 2.45) is 18.7 Å². The molecule has 42 heavy (non-hydrogen) atoms. The van der Waals surface area contributed by atoms with Crippen molar-refractivity contribution in [2.75, 3.05) is 19.8 Å². The van der Waals surface area contributed by atoms with E-state index in [4.69, 9.17) is 20.4 Å². The number of nitrogens with one attached hydrogen (secondary N) is 1. The molecule has 0 saturated heterocycles. The van der Waals surface area contributed by atoms with Gasteiger partial charge in [-0.3, -0.25) is 4.79 Å². The molecule has 1 aliphatic heterocycles. The third kappa shape index (κ3) is 4.69. The van der Waals surface area contributed by atoms with Gasteiger partial charge in [-0.25, -0.2) is 23.7 Å². The Labute approximate surface area is 240 Å². The van der Waals surface area contributed by atoms with Crippen LogP contribution in [0.5, 0.6) is 5.75 Å². The van der Waals surface area contributed by atoms with E-state index in [9.17, 15) is 13.6 Å². The Morgan fingerprint density at radius 1 is 1.24 bits per heavy atom. The number of hydrogen-bond acceptors (Lipinski definition) is 6. The highest BCUT2D eigenvalue weighted by molar-refractivity contribution is 5.99. The van der Waals surface area contributed by atoms with E-state index in [1.165, 1.54) is 17.1 Å². The molecule has 1 saturated carbocycles. The summed E-state index contributed by atoms with van der Waals surface area (Å²) in [6, 6.07) is 8.99. The van der Waals surface area contributed by atoms with E-state index in [0.717, 1.165) is 36.0 Å². The van der Waals surface area contributed by atoms with E-state index in [1.807, 2.05) is 29.8 Å². The topological polar surface area (TPSA) is 118 Å². The van der Waals surface area contributed by atoms with Crippen LogP contribution < -0.4 is 15.8 Å². The molecule has 4 aromatic heterocycles. The molecule has 1 aromatic carbocycles. The van der Waals surface area contributed by atoms with Crippen LogP contribution in [0.2, 0.25) is 0 Å². The van der Waals surface area contributed by atoms with E-state index in [-0.39, 0.29) is 18.4 Å². The van der Waals surface area contributed by atoms with Crippen LogP contribution in [0.15, 0.2) is 49.1 Å². The van der Waals surface area contributed by atoms with Gasteiger partial charge >= 0.3 is 0 Å². The Morgan fingerprint density at radius 2 is 2.10 bits per heavy atom. The van der Waals surface area contributed by atoms with E-state index < -0.39 is 19.0 Å². The molecular formula is C30H32F2N8O2. The summed E-state index contributed by atoms with van der Waals surface area (Å²) in [5.74, 6) is 1.42. The molecule has 2 unspecified atom stereocenters. The Bertz CT molecular complexity index is 1780. The minimum absolute atomic E-state index is 0.156. The van der Waals surface area contributed by atoms with Crippen LogP contribution in [-0.4, -0.2) is 60.4 Å². The number of alkyl halides is 2. The Hall–Kier alpha value is -4.32. The second kappa shape index (κ2) is 10.5. The van der Waals surface area contributed by atoms with Gasteiger partial charge in [0, 0.05) is 49.9 Å². The first-order valence-corrected chi connectivity index (χ1v) is 14.2. The summed E-state index contributed by atoms with van der Waals surface area (Å²) in [4.78, 5) is 26.6. The highest BCUT2D eigenvalue weighted by atomic mass is 19.1. The van der Waals surface area contributed by atoms with Crippen molar-refractivity contribution in [1.82, 2.24) is 34.0 Å². The Morgan fingerprint density at radius 3 is 2.86 bits per heavy atom. The quantitative estimate of drug-likeness (QED) is 0.258. The molecule has 5 aromatic rings. The summed E-state index contributed by atoms with van der Waals surface area (Å²) in [5, 5.41) is 3.84. The molecule has 10 nitrogen and oxygen atoms in total. The number of aryl methyl sites for hydroxylation is 1. The number of rotatable bonds is 10. The molecule has 1 amide bonds. The Kier molecular flexibility index (Phi) is 6.64. The number of carbonyl (C=O) groups is 1. The SMILES string of the molecule is Cn1c(-c2cc3cccc(OCC(F)n4ccnc4)c3n2CC2CC2)nc2cc3c(nc21)C(C[C@H](N)CF)CNC3=O.